The Labute approximate surface area is 524 Å². The Kier molecular flexibility index (Phi) is 63.6. The topological polar surface area (TPSA) is 237 Å². The predicted molar refractivity (Wildman–Crippen MR) is 304 cm³/mol. The van der Waals surface area contributed by atoms with E-state index in [0.717, 1.165) is 6.42 Å². The lowest BCUT2D eigenvalue weighted by molar-refractivity contribution is -0.397. The van der Waals surface area contributed by atoms with E-state index in [2.05, 4.69) is 4.74 Å². The number of carbonyl (C=O) groups excluding carboxylic acids is 2. The molecular formula is C57H105F9O24. The van der Waals surface area contributed by atoms with Gasteiger partial charge in [0.1, 0.15) is 6.61 Å². The molecule has 0 amide bonds. The van der Waals surface area contributed by atoms with Gasteiger partial charge in [-0.05, 0) is 12.8 Å². The van der Waals surface area contributed by atoms with Gasteiger partial charge in [-0.3, -0.25) is 9.59 Å². The van der Waals surface area contributed by atoms with E-state index in [1.165, 1.54) is 13.8 Å². The molecule has 0 rings (SSSR count). The van der Waals surface area contributed by atoms with E-state index >= 15 is 0 Å². The van der Waals surface area contributed by atoms with E-state index in [-0.39, 0.29) is 24.9 Å². The van der Waals surface area contributed by atoms with E-state index in [1.807, 2.05) is 13.8 Å². The molecule has 0 aliphatic carbocycles. The molecular weight excluding hydrogens is 1240 g/mol. The smallest absolute Gasteiger partial charge is 0.460 e. The van der Waals surface area contributed by atoms with Crippen LogP contribution in [0.3, 0.4) is 0 Å². The van der Waals surface area contributed by atoms with Crippen LogP contribution in [0.15, 0.2) is 0 Å². The lowest BCUT2D eigenvalue weighted by atomic mass is 10.0. The number of rotatable bonds is 69. The third-order valence-electron chi connectivity index (χ3n) is 11.5. The van der Waals surface area contributed by atoms with Gasteiger partial charge >= 0.3 is 35.9 Å². The van der Waals surface area contributed by atoms with Crippen molar-refractivity contribution >= 4 is 11.9 Å². The summed E-state index contributed by atoms with van der Waals surface area (Å²) in [4.78, 5) is 22.6. The summed E-state index contributed by atoms with van der Waals surface area (Å²) < 4.78 is 230. The maximum atomic E-state index is 13.0. The van der Waals surface area contributed by atoms with Crippen molar-refractivity contribution in [2.24, 2.45) is 11.8 Å². The highest BCUT2D eigenvalue weighted by molar-refractivity contribution is 5.72. The quantitative estimate of drug-likeness (QED) is 0.0387. The van der Waals surface area contributed by atoms with Gasteiger partial charge in [-0.1, -0.05) is 27.7 Å². The maximum Gasteiger partial charge on any atom is 0.460 e. The molecule has 540 valence electrons. The summed E-state index contributed by atoms with van der Waals surface area (Å²) in [5.74, 6) is -21.4. The van der Waals surface area contributed by atoms with E-state index in [4.69, 9.17) is 99.5 Å². The molecule has 33 heteroatoms. The first-order valence-electron chi connectivity index (χ1n) is 30.3. The second-order valence-electron chi connectivity index (χ2n) is 18.7. The minimum absolute atomic E-state index is 0.0806. The van der Waals surface area contributed by atoms with Gasteiger partial charge in [-0.2, -0.15) is 39.5 Å². The highest BCUT2D eigenvalue weighted by Gasteiger charge is 2.81. The summed E-state index contributed by atoms with van der Waals surface area (Å²) >= 11 is 0. The Hall–Kier alpha value is -2.49. The van der Waals surface area contributed by atoms with Crippen LogP contribution in [0, 0.1) is 11.8 Å². The van der Waals surface area contributed by atoms with Gasteiger partial charge in [-0.15, -0.1) is 0 Å². The van der Waals surface area contributed by atoms with Gasteiger partial charge in [0.15, 0.2) is 0 Å². The standard InChI is InChI=1S/C46H92O22.C11H13F9O2/c1-4-45(2)46(47)68-44-43-67-42-41-66-40-39-65-38-37-64-36-35-63-34-33-62-32-31-61-30-29-60-28-27-59-26-25-58-24-23-57-22-21-56-20-19-55-18-17-54-16-15-53-14-13-52-12-11-51-10-9-50-8-7-49-6-5-48-3;1-3-6(2)7(21)22-5-4-8(12,13)9(14,15)10(16,17)11(18,19)20/h45H,4-44H2,1-3H3;6H,3-5H2,1-2H3. The number of hydrogen-bond acceptors (Lipinski definition) is 24. The van der Waals surface area contributed by atoms with E-state index in [1.54, 1.807) is 7.11 Å². The van der Waals surface area contributed by atoms with Crippen molar-refractivity contribution in [1.82, 2.24) is 0 Å². The van der Waals surface area contributed by atoms with Gasteiger partial charge in [-0.25, -0.2) is 0 Å². The van der Waals surface area contributed by atoms with Crippen LogP contribution >= 0.6 is 0 Å². The molecule has 0 aromatic heterocycles. The number of ether oxygens (including phenoxy) is 22. The average Bonchev–Trinajstić information content (AvgIpc) is 1.00. The monoisotopic (exact) mass is 1340 g/mol. The number of carbonyl (C=O) groups is 2. The van der Waals surface area contributed by atoms with Crippen molar-refractivity contribution in [2.45, 2.75) is 70.9 Å². The Bertz CT molecular complexity index is 1540. The molecule has 0 N–H and O–H groups in total. The summed E-state index contributed by atoms with van der Waals surface area (Å²) in [5, 5.41) is 0. The fourth-order valence-corrected chi connectivity index (χ4v) is 5.87. The zero-order valence-corrected chi connectivity index (χ0v) is 53.5. The Balaban J connectivity index is 0. The fraction of sp³-hybridized carbons (Fsp3) is 0.965. The third kappa shape index (κ3) is 54.9. The van der Waals surface area contributed by atoms with Crippen molar-refractivity contribution in [3.05, 3.63) is 0 Å². The fourth-order valence-electron chi connectivity index (χ4n) is 5.87. The summed E-state index contributed by atoms with van der Waals surface area (Å²) in [6.45, 7) is 24.8. The minimum Gasteiger partial charge on any atom is -0.465 e. The molecule has 0 aromatic carbocycles. The number of halogens is 9. The van der Waals surface area contributed by atoms with Crippen LogP contribution in [-0.2, 0) is 114 Å². The zero-order valence-electron chi connectivity index (χ0n) is 53.5. The SMILES string of the molecule is CCC(C)C(=O)OCCC(F)(F)C(F)(F)C(F)(F)C(F)(F)F.CCC(C)C(=O)OCCOCCOCCOCCOCCOCCOCCOCCOCCOCCOCCOCCOCCOCCOCCOCCOCCOCCOCCOCCOC. The van der Waals surface area contributed by atoms with Gasteiger partial charge in [0.05, 0.1) is 283 Å². The van der Waals surface area contributed by atoms with Crippen LogP contribution in [0.2, 0.25) is 0 Å². The lowest BCUT2D eigenvalue weighted by Crippen LogP contribution is -2.61. The van der Waals surface area contributed by atoms with Crippen LogP contribution in [-0.4, -0.2) is 314 Å². The summed E-state index contributed by atoms with van der Waals surface area (Å²) in [6.07, 6.45) is -8.03. The number of hydrogen-bond donors (Lipinski definition) is 0. The first kappa shape index (κ1) is 89.6. The Morgan fingerprint density at radius 3 is 0.600 bits per heavy atom. The largest absolute Gasteiger partial charge is 0.465 e. The molecule has 0 aliphatic rings. The highest BCUT2D eigenvalue weighted by Crippen LogP contribution is 2.54. The summed E-state index contributed by atoms with van der Waals surface area (Å²) in [5.41, 5.74) is 0. The number of methoxy groups -OCH3 is 1. The number of esters is 2. The second-order valence-corrected chi connectivity index (χ2v) is 18.7. The number of alkyl halides is 9. The zero-order chi connectivity index (χ0) is 67.0. The average molecular weight is 1350 g/mol. The second kappa shape index (κ2) is 63.9. The van der Waals surface area contributed by atoms with Crippen LogP contribution in [0.5, 0.6) is 0 Å². The van der Waals surface area contributed by atoms with Crippen molar-refractivity contribution in [3.63, 3.8) is 0 Å². The molecule has 90 heavy (non-hydrogen) atoms. The van der Waals surface area contributed by atoms with E-state index in [9.17, 15) is 49.1 Å². The maximum absolute atomic E-state index is 13.0. The molecule has 0 spiro atoms. The first-order chi connectivity index (χ1) is 43.3. The third-order valence-corrected chi connectivity index (χ3v) is 11.5. The van der Waals surface area contributed by atoms with Crippen LogP contribution in [0.4, 0.5) is 39.5 Å². The van der Waals surface area contributed by atoms with Crippen LogP contribution in [0.25, 0.3) is 0 Å². The Morgan fingerprint density at radius 2 is 0.433 bits per heavy atom. The molecule has 0 saturated carbocycles. The van der Waals surface area contributed by atoms with Crippen molar-refractivity contribution < 1.29 is 153 Å². The van der Waals surface area contributed by atoms with Gasteiger partial charge in [0.25, 0.3) is 0 Å². The van der Waals surface area contributed by atoms with Crippen LogP contribution in [0.1, 0.15) is 47.0 Å². The molecule has 0 bridgehead atoms. The highest BCUT2D eigenvalue weighted by atomic mass is 19.4. The van der Waals surface area contributed by atoms with Crippen molar-refractivity contribution in [2.75, 3.05) is 278 Å². The predicted octanol–water partition coefficient (Wildman–Crippen LogP) is 5.97. The first-order valence-corrected chi connectivity index (χ1v) is 30.3. The van der Waals surface area contributed by atoms with Crippen molar-refractivity contribution in [1.29, 1.82) is 0 Å². The van der Waals surface area contributed by atoms with Crippen LogP contribution < -0.4 is 0 Å². The van der Waals surface area contributed by atoms with Crippen molar-refractivity contribution in [3.8, 4) is 0 Å². The molecule has 0 saturated heterocycles. The van der Waals surface area contributed by atoms with E-state index in [0.29, 0.717) is 258 Å². The molecule has 2 unspecified atom stereocenters. The van der Waals surface area contributed by atoms with Gasteiger partial charge in [0.2, 0.25) is 0 Å². The normalized spacial score (nSPS) is 13.0. The minimum atomic E-state index is -6.93. The summed E-state index contributed by atoms with van der Waals surface area (Å²) in [6, 6.07) is 0. The molecule has 0 aliphatic heterocycles. The lowest BCUT2D eigenvalue weighted by Gasteiger charge is -2.33. The molecule has 0 heterocycles. The molecule has 2 atom stereocenters. The van der Waals surface area contributed by atoms with Gasteiger partial charge < -0.3 is 104 Å². The molecule has 0 fully saturated rings. The van der Waals surface area contributed by atoms with E-state index < -0.39 is 48.9 Å². The molecule has 24 nitrogen and oxygen atoms in total. The summed E-state index contributed by atoms with van der Waals surface area (Å²) in [7, 11) is 1.64. The Morgan fingerprint density at radius 1 is 0.267 bits per heavy atom. The van der Waals surface area contributed by atoms with Gasteiger partial charge in [0, 0.05) is 7.11 Å². The molecule has 0 radical (unpaired) electrons. The molecule has 0 aromatic rings.